The van der Waals surface area contributed by atoms with E-state index in [0.29, 0.717) is 0 Å². The number of nitrogens with one attached hydrogen (secondary N) is 2. The number of hydrogen-bond donors (Lipinski definition) is 2. The van der Waals surface area contributed by atoms with Crippen LogP contribution in [0.4, 0.5) is 11.4 Å². The quantitative estimate of drug-likeness (QED) is 0.748. The van der Waals surface area contributed by atoms with Gasteiger partial charge < -0.3 is 10.6 Å². The van der Waals surface area contributed by atoms with Crippen molar-refractivity contribution in [2.45, 2.75) is 19.4 Å². The van der Waals surface area contributed by atoms with Crippen molar-refractivity contribution in [3.63, 3.8) is 0 Å². The van der Waals surface area contributed by atoms with E-state index in [2.05, 4.69) is 26.6 Å². The van der Waals surface area contributed by atoms with Crippen LogP contribution in [0.2, 0.25) is 0 Å². The maximum Gasteiger partial charge on any atom is 0.249 e. The number of carbonyl (C=O) groups excluding carboxylic acids is 1. The van der Waals surface area contributed by atoms with Crippen LogP contribution in [0.3, 0.4) is 0 Å². The molecular formula is C10H11BrN2O. The molecular weight excluding hydrogens is 244 g/mol. The molecule has 1 amide bonds. The number of amides is 1. The Morgan fingerprint density at radius 2 is 2.00 bits per heavy atom. The molecule has 0 fully saturated rings. The highest BCUT2D eigenvalue weighted by Gasteiger charge is 2.32. The summed E-state index contributed by atoms with van der Waals surface area (Å²) in [5.41, 5.74) is 1.23. The van der Waals surface area contributed by atoms with E-state index in [4.69, 9.17) is 0 Å². The van der Waals surface area contributed by atoms with E-state index >= 15 is 0 Å². The number of halogens is 1. The lowest BCUT2D eigenvalue weighted by Gasteiger charge is -2.32. The molecule has 0 bridgehead atoms. The summed E-state index contributed by atoms with van der Waals surface area (Å²) in [5.74, 6) is -0.00711. The van der Waals surface area contributed by atoms with Gasteiger partial charge in [0.15, 0.2) is 0 Å². The maximum absolute atomic E-state index is 11.6. The smallest absolute Gasteiger partial charge is 0.249 e. The molecule has 1 aromatic rings. The Bertz CT molecular complexity index is 401. The minimum absolute atomic E-state index is 0.00711. The van der Waals surface area contributed by atoms with E-state index in [-0.39, 0.29) is 5.91 Å². The average molecular weight is 255 g/mol. The van der Waals surface area contributed by atoms with Crippen LogP contribution in [0.1, 0.15) is 13.8 Å². The van der Waals surface area contributed by atoms with Gasteiger partial charge in [-0.3, -0.25) is 4.79 Å². The number of anilines is 2. The van der Waals surface area contributed by atoms with E-state index in [9.17, 15) is 4.79 Å². The Labute approximate surface area is 91.0 Å². The Morgan fingerprint density at radius 3 is 2.71 bits per heavy atom. The molecule has 0 unspecified atom stereocenters. The van der Waals surface area contributed by atoms with Crippen molar-refractivity contribution in [1.82, 2.24) is 0 Å². The second kappa shape index (κ2) is 2.98. The van der Waals surface area contributed by atoms with Gasteiger partial charge in [0.25, 0.3) is 0 Å². The third-order valence-corrected chi connectivity index (χ3v) is 2.74. The molecule has 0 spiro atoms. The largest absolute Gasteiger partial charge is 0.370 e. The summed E-state index contributed by atoms with van der Waals surface area (Å²) in [4.78, 5) is 11.6. The lowest BCUT2D eigenvalue weighted by atomic mass is 10.0. The fourth-order valence-corrected chi connectivity index (χ4v) is 1.76. The molecule has 4 heteroatoms. The number of carbonyl (C=O) groups is 1. The Morgan fingerprint density at radius 1 is 1.29 bits per heavy atom. The maximum atomic E-state index is 11.6. The third-order valence-electron chi connectivity index (χ3n) is 2.24. The molecule has 1 aliphatic rings. The van der Waals surface area contributed by atoms with Gasteiger partial charge in [0.1, 0.15) is 5.54 Å². The number of benzene rings is 1. The summed E-state index contributed by atoms with van der Waals surface area (Å²) in [6.45, 7) is 3.71. The number of rotatable bonds is 0. The molecule has 0 aliphatic carbocycles. The van der Waals surface area contributed by atoms with Gasteiger partial charge in [-0.1, -0.05) is 15.9 Å². The Balaban J connectivity index is 2.46. The molecule has 0 saturated carbocycles. The molecule has 0 aromatic heterocycles. The highest BCUT2D eigenvalue weighted by molar-refractivity contribution is 9.10. The fourth-order valence-electron chi connectivity index (χ4n) is 1.40. The Kier molecular flexibility index (Phi) is 2.03. The van der Waals surface area contributed by atoms with E-state index in [0.717, 1.165) is 15.8 Å². The van der Waals surface area contributed by atoms with Crippen molar-refractivity contribution in [3.8, 4) is 0 Å². The topological polar surface area (TPSA) is 41.1 Å². The number of hydrogen-bond acceptors (Lipinski definition) is 2. The molecule has 2 rings (SSSR count). The van der Waals surface area contributed by atoms with Crippen LogP contribution in [0, 0.1) is 0 Å². The number of fused-ring (bicyclic) bond motifs is 1. The van der Waals surface area contributed by atoms with Crippen molar-refractivity contribution in [3.05, 3.63) is 22.7 Å². The zero-order valence-electron chi connectivity index (χ0n) is 8.02. The van der Waals surface area contributed by atoms with E-state index < -0.39 is 5.54 Å². The minimum atomic E-state index is -0.548. The average Bonchev–Trinajstić information content (AvgIpc) is 2.07. The zero-order valence-corrected chi connectivity index (χ0v) is 9.60. The van der Waals surface area contributed by atoms with Gasteiger partial charge in [-0.15, -0.1) is 0 Å². The van der Waals surface area contributed by atoms with Gasteiger partial charge >= 0.3 is 0 Å². The molecule has 1 aromatic carbocycles. The van der Waals surface area contributed by atoms with Gasteiger partial charge in [0.05, 0.1) is 11.4 Å². The first kappa shape index (κ1) is 9.52. The van der Waals surface area contributed by atoms with Crippen molar-refractivity contribution in [1.29, 1.82) is 0 Å². The van der Waals surface area contributed by atoms with Crippen LogP contribution >= 0.6 is 15.9 Å². The first-order chi connectivity index (χ1) is 6.49. The molecule has 2 N–H and O–H groups in total. The first-order valence-electron chi connectivity index (χ1n) is 4.38. The van der Waals surface area contributed by atoms with Gasteiger partial charge in [-0.05, 0) is 32.0 Å². The standard InChI is InChI=1S/C10H11BrN2O/c1-10(2)9(14)12-7-4-3-6(11)5-8(7)13-10/h3-5,13H,1-2H3,(H,12,14). The van der Waals surface area contributed by atoms with Gasteiger partial charge in [0, 0.05) is 4.47 Å². The van der Waals surface area contributed by atoms with Crippen LogP contribution in [0.25, 0.3) is 0 Å². The predicted octanol–water partition coefficient (Wildman–Crippen LogP) is 2.59. The van der Waals surface area contributed by atoms with Crippen molar-refractivity contribution in [2.75, 3.05) is 10.6 Å². The molecule has 1 heterocycles. The first-order valence-corrected chi connectivity index (χ1v) is 5.17. The fraction of sp³-hybridized carbons (Fsp3) is 0.300. The summed E-state index contributed by atoms with van der Waals surface area (Å²) in [6.07, 6.45) is 0. The molecule has 74 valence electrons. The van der Waals surface area contributed by atoms with Crippen molar-refractivity contribution >= 4 is 33.2 Å². The van der Waals surface area contributed by atoms with E-state index in [1.807, 2.05) is 32.0 Å². The second-order valence-electron chi connectivity index (χ2n) is 3.89. The summed E-state index contributed by atoms with van der Waals surface area (Å²) < 4.78 is 0.996. The summed E-state index contributed by atoms with van der Waals surface area (Å²) in [5, 5.41) is 6.04. The summed E-state index contributed by atoms with van der Waals surface area (Å²) >= 11 is 3.39. The highest BCUT2D eigenvalue weighted by atomic mass is 79.9. The molecule has 14 heavy (non-hydrogen) atoms. The molecule has 3 nitrogen and oxygen atoms in total. The van der Waals surface area contributed by atoms with E-state index in [1.165, 1.54) is 0 Å². The minimum Gasteiger partial charge on any atom is -0.370 e. The van der Waals surface area contributed by atoms with Crippen LogP contribution in [-0.2, 0) is 4.79 Å². The third kappa shape index (κ3) is 1.50. The lowest BCUT2D eigenvalue weighted by Crippen LogP contribution is -2.47. The molecule has 1 aliphatic heterocycles. The lowest BCUT2D eigenvalue weighted by molar-refractivity contribution is -0.119. The monoisotopic (exact) mass is 254 g/mol. The Hall–Kier alpha value is -1.03. The van der Waals surface area contributed by atoms with Crippen molar-refractivity contribution < 1.29 is 4.79 Å². The summed E-state index contributed by atoms with van der Waals surface area (Å²) in [7, 11) is 0. The predicted molar refractivity (Wildman–Crippen MR) is 60.5 cm³/mol. The second-order valence-corrected chi connectivity index (χ2v) is 4.81. The van der Waals surface area contributed by atoms with Crippen LogP contribution in [-0.4, -0.2) is 11.4 Å². The van der Waals surface area contributed by atoms with Gasteiger partial charge in [-0.25, -0.2) is 0 Å². The van der Waals surface area contributed by atoms with E-state index in [1.54, 1.807) is 0 Å². The molecule has 0 atom stereocenters. The van der Waals surface area contributed by atoms with Gasteiger partial charge in [0.2, 0.25) is 5.91 Å². The van der Waals surface area contributed by atoms with Gasteiger partial charge in [-0.2, -0.15) is 0 Å². The summed E-state index contributed by atoms with van der Waals surface area (Å²) in [6, 6.07) is 5.73. The van der Waals surface area contributed by atoms with Crippen molar-refractivity contribution in [2.24, 2.45) is 0 Å². The molecule has 0 saturated heterocycles. The zero-order chi connectivity index (χ0) is 10.3. The molecule has 0 radical (unpaired) electrons. The normalized spacial score (nSPS) is 18.1. The highest BCUT2D eigenvalue weighted by Crippen LogP contribution is 2.32. The van der Waals surface area contributed by atoms with Crippen LogP contribution < -0.4 is 10.6 Å². The SMILES string of the molecule is CC1(C)Nc2cc(Br)ccc2NC1=O. The van der Waals surface area contributed by atoms with Crippen LogP contribution in [0.15, 0.2) is 22.7 Å². The van der Waals surface area contributed by atoms with Crippen LogP contribution in [0.5, 0.6) is 0 Å².